The van der Waals surface area contributed by atoms with Crippen LogP contribution in [0.25, 0.3) is 16.6 Å². The van der Waals surface area contributed by atoms with Crippen LogP contribution in [-0.4, -0.2) is 17.0 Å². The number of fused-ring (bicyclic) bond motifs is 1. The van der Waals surface area contributed by atoms with Gasteiger partial charge in [0.1, 0.15) is 5.75 Å². The van der Waals surface area contributed by atoms with Gasteiger partial charge in [0.15, 0.2) is 5.78 Å². The molecule has 0 aliphatic carbocycles. The van der Waals surface area contributed by atoms with E-state index in [0.717, 1.165) is 40.0 Å². The Hall–Kier alpha value is -2.55. The van der Waals surface area contributed by atoms with Gasteiger partial charge in [0.25, 0.3) is 0 Å². The van der Waals surface area contributed by atoms with Gasteiger partial charge in [-0.1, -0.05) is 25.1 Å². The zero-order chi connectivity index (χ0) is 17.3. The lowest BCUT2D eigenvalue weighted by molar-refractivity contribution is 0.101. The van der Waals surface area contributed by atoms with Crippen molar-refractivity contribution in [3.8, 4) is 11.4 Å². The Kier molecular flexibility index (Phi) is 4.43. The van der Waals surface area contributed by atoms with Crippen molar-refractivity contribution in [3.05, 3.63) is 59.3 Å². The number of aryl methyl sites for hydroxylation is 1. The van der Waals surface area contributed by atoms with Gasteiger partial charge in [-0.25, -0.2) is 0 Å². The highest BCUT2D eigenvalue weighted by Gasteiger charge is 2.20. The van der Waals surface area contributed by atoms with Crippen molar-refractivity contribution < 1.29 is 9.53 Å². The first-order valence-electron chi connectivity index (χ1n) is 8.45. The van der Waals surface area contributed by atoms with Crippen molar-refractivity contribution in [2.24, 2.45) is 0 Å². The van der Waals surface area contributed by atoms with Crippen LogP contribution in [0.15, 0.2) is 42.5 Å². The number of hydrogen-bond acceptors (Lipinski definition) is 2. The molecule has 0 aliphatic heterocycles. The number of nitrogens with zero attached hydrogens (tertiary/aromatic N) is 1. The molecule has 0 radical (unpaired) electrons. The van der Waals surface area contributed by atoms with E-state index >= 15 is 0 Å². The van der Waals surface area contributed by atoms with E-state index in [1.165, 1.54) is 5.56 Å². The van der Waals surface area contributed by atoms with Crippen molar-refractivity contribution in [1.29, 1.82) is 0 Å². The van der Waals surface area contributed by atoms with Crippen molar-refractivity contribution in [3.63, 3.8) is 0 Å². The maximum absolute atomic E-state index is 12.3. The summed E-state index contributed by atoms with van der Waals surface area (Å²) in [6.07, 6.45) is 0.946. The van der Waals surface area contributed by atoms with Gasteiger partial charge >= 0.3 is 0 Å². The average Bonchev–Trinajstić information content (AvgIpc) is 2.86. The van der Waals surface area contributed by atoms with Crippen molar-refractivity contribution in [2.75, 3.05) is 6.61 Å². The highest BCUT2D eigenvalue weighted by Crippen LogP contribution is 2.33. The van der Waals surface area contributed by atoms with Crippen molar-refractivity contribution in [1.82, 2.24) is 4.57 Å². The number of carbonyl (C=O) groups is 1. The van der Waals surface area contributed by atoms with Gasteiger partial charge in [-0.2, -0.15) is 0 Å². The normalized spacial score (nSPS) is 11.0. The summed E-state index contributed by atoms with van der Waals surface area (Å²) in [6.45, 7) is 8.37. The van der Waals surface area contributed by atoms with Gasteiger partial charge in [-0.3, -0.25) is 4.79 Å². The van der Waals surface area contributed by atoms with E-state index in [9.17, 15) is 4.79 Å². The van der Waals surface area contributed by atoms with E-state index < -0.39 is 0 Å². The molecular formula is C21H23NO2. The predicted molar refractivity (Wildman–Crippen MR) is 98.6 cm³/mol. The molecule has 0 N–H and O–H groups in total. The van der Waals surface area contributed by atoms with Crippen LogP contribution in [-0.2, 0) is 6.42 Å². The van der Waals surface area contributed by atoms with E-state index in [0.29, 0.717) is 6.61 Å². The molecule has 0 fully saturated rings. The lowest BCUT2D eigenvalue weighted by Gasteiger charge is -2.13. The Morgan fingerprint density at radius 2 is 1.88 bits per heavy atom. The van der Waals surface area contributed by atoms with Gasteiger partial charge in [-0.05, 0) is 57.0 Å². The first-order chi connectivity index (χ1) is 11.6. The molecule has 0 unspecified atom stereocenters. The monoisotopic (exact) mass is 321 g/mol. The quantitative estimate of drug-likeness (QED) is 0.612. The molecule has 2 aromatic carbocycles. The topological polar surface area (TPSA) is 31.2 Å². The molecular weight excluding hydrogens is 298 g/mol. The van der Waals surface area contributed by atoms with E-state index in [4.69, 9.17) is 4.74 Å². The number of rotatable bonds is 5. The maximum atomic E-state index is 12.3. The molecule has 0 aliphatic rings. The molecule has 0 saturated heterocycles. The summed E-state index contributed by atoms with van der Waals surface area (Å²) in [5, 5.41) is 0.955. The second-order valence-electron chi connectivity index (χ2n) is 5.95. The zero-order valence-electron chi connectivity index (χ0n) is 14.7. The smallest absolute Gasteiger partial charge is 0.162 e. The lowest BCUT2D eigenvalue weighted by Crippen LogP contribution is -2.02. The van der Waals surface area contributed by atoms with Crippen LogP contribution in [0.4, 0.5) is 0 Å². The summed E-state index contributed by atoms with van der Waals surface area (Å²) >= 11 is 0. The second-order valence-corrected chi connectivity index (χ2v) is 5.95. The molecule has 1 heterocycles. The third kappa shape index (κ3) is 2.60. The third-order valence-corrected chi connectivity index (χ3v) is 4.45. The molecule has 3 rings (SSSR count). The molecule has 3 heteroatoms. The second kappa shape index (κ2) is 6.52. The standard InChI is InChI=1S/C21H23NO2/c1-5-16-9-7-8-10-19(16)22-14(3)21(15(4)23)18-13-17(24-6-2)11-12-20(18)22/h7-13H,5-6H2,1-4H3. The summed E-state index contributed by atoms with van der Waals surface area (Å²) in [7, 11) is 0. The molecule has 124 valence electrons. The van der Waals surface area contributed by atoms with Gasteiger partial charge in [0, 0.05) is 22.3 Å². The van der Waals surface area contributed by atoms with Crippen LogP contribution in [0.5, 0.6) is 5.75 Å². The summed E-state index contributed by atoms with van der Waals surface area (Å²) in [5.74, 6) is 0.882. The maximum Gasteiger partial charge on any atom is 0.162 e. The number of para-hydroxylation sites is 1. The highest BCUT2D eigenvalue weighted by molar-refractivity contribution is 6.09. The Morgan fingerprint density at radius 3 is 2.54 bits per heavy atom. The number of ether oxygens (including phenoxy) is 1. The van der Waals surface area contributed by atoms with Crippen molar-refractivity contribution in [2.45, 2.75) is 34.1 Å². The van der Waals surface area contributed by atoms with Gasteiger partial charge in [-0.15, -0.1) is 0 Å². The SMILES string of the molecule is CCOc1ccc2c(c1)c(C(C)=O)c(C)n2-c1ccccc1CC. The van der Waals surface area contributed by atoms with Crippen LogP contribution < -0.4 is 4.74 Å². The summed E-state index contributed by atoms with van der Waals surface area (Å²) in [5.41, 5.74) is 5.20. The molecule has 3 aromatic rings. The first kappa shape index (κ1) is 16.3. The lowest BCUT2D eigenvalue weighted by atomic mass is 10.1. The molecule has 0 atom stereocenters. The highest BCUT2D eigenvalue weighted by atomic mass is 16.5. The van der Waals surface area contributed by atoms with E-state index in [1.54, 1.807) is 6.92 Å². The molecule has 0 bridgehead atoms. The number of ketones is 1. The molecule has 0 amide bonds. The Balaban J connectivity index is 2.36. The Bertz CT molecular complexity index is 906. The predicted octanol–water partition coefficient (Wildman–Crippen LogP) is 5.10. The van der Waals surface area contributed by atoms with E-state index in [-0.39, 0.29) is 5.78 Å². The van der Waals surface area contributed by atoms with Gasteiger partial charge in [0.2, 0.25) is 0 Å². The van der Waals surface area contributed by atoms with Gasteiger partial charge < -0.3 is 9.30 Å². The minimum atomic E-state index is 0.0823. The zero-order valence-corrected chi connectivity index (χ0v) is 14.7. The van der Waals surface area contributed by atoms with Crippen LogP contribution in [0, 0.1) is 6.92 Å². The molecule has 0 spiro atoms. The van der Waals surface area contributed by atoms with Gasteiger partial charge in [0.05, 0.1) is 12.1 Å². The van der Waals surface area contributed by atoms with Crippen LogP contribution in [0.1, 0.15) is 42.4 Å². The first-order valence-corrected chi connectivity index (χ1v) is 8.45. The molecule has 0 saturated carbocycles. The summed E-state index contributed by atoms with van der Waals surface area (Å²) in [6, 6.07) is 14.4. The van der Waals surface area contributed by atoms with E-state index in [1.807, 2.05) is 38.1 Å². The summed E-state index contributed by atoms with van der Waals surface area (Å²) < 4.78 is 7.82. The average molecular weight is 321 g/mol. The fourth-order valence-electron chi connectivity index (χ4n) is 3.44. The van der Waals surface area contributed by atoms with Crippen LogP contribution in [0.2, 0.25) is 0 Å². The number of hydrogen-bond donors (Lipinski definition) is 0. The minimum Gasteiger partial charge on any atom is -0.494 e. The van der Waals surface area contributed by atoms with E-state index in [2.05, 4.69) is 29.7 Å². The number of Topliss-reactive ketones (excluding diaryl/α,β-unsaturated/α-hetero) is 1. The summed E-state index contributed by atoms with van der Waals surface area (Å²) in [4.78, 5) is 12.3. The minimum absolute atomic E-state index is 0.0823. The Labute approximate surface area is 142 Å². The molecule has 1 aromatic heterocycles. The van der Waals surface area contributed by atoms with Crippen LogP contribution >= 0.6 is 0 Å². The molecule has 24 heavy (non-hydrogen) atoms. The number of benzene rings is 2. The third-order valence-electron chi connectivity index (χ3n) is 4.45. The molecule has 3 nitrogen and oxygen atoms in total. The number of carbonyl (C=O) groups excluding carboxylic acids is 1. The fraction of sp³-hybridized carbons (Fsp3) is 0.286. The largest absolute Gasteiger partial charge is 0.494 e. The Morgan fingerprint density at radius 1 is 1.12 bits per heavy atom. The van der Waals surface area contributed by atoms with Crippen LogP contribution in [0.3, 0.4) is 0 Å². The number of aromatic nitrogens is 1. The van der Waals surface area contributed by atoms with Crippen molar-refractivity contribution >= 4 is 16.7 Å². The fourth-order valence-corrected chi connectivity index (χ4v) is 3.44.